The van der Waals surface area contributed by atoms with E-state index in [1.165, 1.54) is 12.1 Å². The summed E-state index contributed by atoms with van der Waals surface area (Å²) in [5.74, 6) is -1.69. The third-order valence-corrected chi connectivity index (χ3v) is 2.70. The Kier molecular flexibility index (Phi) is 2.68. The van der Waals surface area contributed by atoms with Crippen molar-refractivity contribution in [1.82, 2.24) is 20.0 Å². The van der Waals surface area contributed by atoms with Crippen molar-refractivity contribution in [3.05, 3.63) is 29.8 Å². The molecule has 2 heterocycles. The first-order valence-corrected chi connectivity index (χ1v) is 5.49. The molecule has 0 saturated heterocycles. The largest absolute Gasteiger partial charge is 0.573 e. The molecule has 108 valence electrons. The Balaban J connectivity index is 2.26. The van der Waals surface area contributed by atoms with Crippen molar-refractivity contribution in [3.63, 3.8) is 0 Å². The molecule has 0 amide bonds. The summed E-state index contributed by atoms with van der Waals surface area (Å²) in [5.41, 5.74) is -0.0297. The molecule has 0 fully saturated rings. The number of aromatic nitrogens is 4. The van der Waals surface area contributed by atoms with Gasteiger partial charge in [0, 0.05) is 11.5 Å². The zero-order chi connectivity index (χ0) is 15.2. The third kappa shape index (κ3) is 2.30. The molecule has 0 saturated carbocycles. The molecule has 1 N–H and O–H groups in total. The molecule has 7 nitrogen and oxygen atoms in total. The smallest absolute Gasteiger partial charge is 0.478 e. The van der Waals surface area contributed by atoms with Crippen LogP contribution in [0.5, 0.6) is 5.75 Å². The lowest BCUT2D eigenvalue weighted by Crippen LogP contribution is -2.17. The maximum atomic E-state index is 12.2. The first-order chi connectivity index (χ1) is 9.85. The summed E-state index contributed by atoms with van der Waals surface area (Å²) in [6.45, 7) is 0. The normalized spacial score (nSPS) is 12.0. The second-order valence-corrected chi connectivity index (χ2v) is 4.05. The van der Waals surface area contributed by atoms with E-state index in [-0.39, 0.29) is 16.7 Å². The lowest BCUT2D eigenvalue weighted by Gasteiger charge is -2.10. The van der Waals surface area contributed by atoms with Crippen LogP contribution in [0.25, 0.3) is 16.6 Å². The van der Waals surface area contributed by atoms with E-state index in [2.05, 4.69) is 20.3 Å². The standard InChI is InChI=1S/C11H5F3N4O3/c12-11(13,14)21-6-2-1-5-3-7(10(19)20)9-15-16-17-18(9)8(5)4-6/h1-4H,(H,19,20). The highest BCUT2D eigenvalue weighted by molar-refractivity contribution is 5.99. The van der Waals surface area contributed by atoms with E-state index in [9.17, 15) is 18.0 Å². The van der Waals surface area contributed by atoms with Crippen molar-refractivity contribution in [2.75, 3.05) is 0 Å². The average Bonchev–Trinajstić information content (AvgIpc) is 2.85. The molecule has 3 aromatic rings. The topological polar surface area (TPSA) is 89.6 Å². The highest BCUT2D eigenvalue weighted by Gasteiger charge is 2.31. The van der Waals surface area contributed by atoms with E-state index in [1.807, 2.05) is 0 Å². The summed E-state index contributed by atoms with van der Waals surface area (Å²) in [7, 11) is 0. The molecule has 0 aliphatic rings. The van der Waals surface area contributed by atoms with Gasteiger partial charge in [0.25, 0.3) is 0 Å². The fourth-order valence-corrected chi connectivity index (χ4v) is 1.92. The van der Waals surface area contributed by atoms with Crippen LogP contribution in [0.1, 0.15) is 10.4 Å². The molecule has 0 aliphatic heterocycles. The van der Waals surface area contributed by atoms with Gasteiger partial charge >= 0.3 is 12.3 Å². The summed E-state index contributed by atoms with van der Waals surface area (Å²) in [4.78, 5) is 11.1. The average molecular weight is 298 g/mol. The Hall–Kier alpha value is -2.91. The van der Waals surface area contributed by atoms with E-state index >= 15 is 0 Å². The van der Waals surface area contributed by atoms with Crippen LogP contribution in [0, 0.1) is 0 Å². The van der Waals surface area contributed by atoms with Crippen LogP contribution in [0.15, 0.2) is 24.3 Å². The van der Waals surface area contributed by atoms with E-state index in [0.29, 0.717) is 5.39 Å². The molecular weight excluding hydrogens is 293 g/mol. The quantitative estimate of drug-likeness (QED) is 0.777. The van der Waals surface area contributed by atoms with Gasteiger partial charge in [-0.15, -0.1) is 18.3 Å². The second kappa shape index (κ2) is 4.30. The number of benzene rings is 1. The van der Waals surface area contributed by atoms with Gasteiger partial charge in [-0.3, -0.25) is 0 Å². The summed E-state index contributed by atoms with van der Waals surface area (Å²) >= 11 is 0. The number of tetrazole rings is 1. The van der Waals surface area contributed by atoms with Gasteiger partial charge in [-0.25, -0.2) is 4.79 Å². The Morgan fingerprint density at radius 2 is 2.05 bits per heavy atom. The van der Waals surface area contributed by atoms with Crippen molar-refractivity contribution >= 4 is 22.5 Å². The van der Waals surface area contributed by atoms with Gasteiger partial charge in [0.2, 0.25) is 0 Å². The van der Waals surface area contributed by atoms with Gasteiger partial charge < -0.3 is 9.84 Å². The maximum Gasteiger partial charge on any atom is 0.573 e. The molecule has 0 radical (unpaired) electrons. The lowest BCUT2D eigenvalue weighted by molar-refractivity contribution is -0.274. The van der Waals surface area contributed by atoms with Gasteiger partial charge in [0.15, 0.2) is 5.65 Å². The van der Waals surface area contributed by atoms with Crippen molar-refractivity contribution in [1.29, 1.82) is 0 Å². The van der Waals surface area contributed by atoms with E-state index < -0.39 is 18.1 Å². The molecule has 2 aromatic heterocycles. The van der Waals surface area contributed by atoms with Crippen LogP contribution in [0.4, 0.5) is 13.2 Å². The number of hydrogen-bond donors (Lipinski definition) is 1. The van der Waals surface area contributed by atoms with Crippen LogP contribution in [-0.4, -0.2) is 37.5 Å². The Labute approximate surface area is 113 Å². The molecule has 0 atom stereocenters. The van der Waals surface area contributed by atoms with E-state index in [0.717, 1.165) is 16.6 Å². The highest BCUT2D eigenvalue weighted by Crippen LogP contribution is 2.27. The lowest BCUT2D eigenvalue weighted by atomic mass is 10.1. The Bertz CT molecular complexity index is 859. The molecular formula is C11H5F3N4O3. The molecule has 3 rings (SSSR count). The number of nitrogens with zero attached hydrogens (tertiary/aromatic N) is 4. The predicted octanol–water partition coefficient (Wildman–Crippen LogP) is 1.87. The Morgan fingerprint density at radius 1 is 1.29 bits per heavy atom. The number of alkyl halides is 3. The number of pyridine rings is 1. The van der Waals surface area contributed by atoms with Crippen LogP contribution in [0.3, 0.4) is 0 Å². The summed E-state index contributed by atoms with van der Waals surface area (Å²) in [6.07, 6.45) is -4.82. The fourth-order valence-electron chi connectivity index (χ4n) is 1.92. The van der Waals surface area contributed by atoms with Gasteiger partial charge in [-0.1, -0.05) is 0 Å². The van der Waals surface area contributed by atoms with Gasteiger partial charge in [0.05, 0.1) is 5.52 Å². The summed E-state index contributed by atoms with van der Waals surface area (Å²) < 4.78 is 41.5. The monoisotopic (exact) mass is 298 g/mol. The fraction of sp³-hybridized carbons (Fsp3) is 0.0909. The van der Waals surface area contributed by atoms with Crippen LogP contribution in [-0.2, 0) is 0 Å². The summed E-state index contributed by atoms with van der Waals surface area (Å²) in [5, 5.41) is 19.9. The number of carbonyl (C=O) groups is 1. The minimum absolute atomic E-state index is 0.0702. The molecule has 0 aliphatic carbocycles. The van der Waals surface area contributed by atoms with Gasteiger partial charge in [-0.05, 0) is 28.6 Å². The number of rotatable bonds is 2. The van der Waals surface area contributed by atoms with E-state index in [1.54, 1.807) is 0 Å². The number of carboxylic acid groups (broad SMARTS) is 1. The highest BCUT2D eigenvalue weighted by atomic mass is 19.4. The second-order valence-electron chi connectivity index (χ2n) is 4.05. The predicted molar refractivity (Wildman–Crippen MR) is 61.9 cm³/mol. The van der Waals surface area contributed by atoms with Crippen molar-refractivity contribution < 1.29 is 27.8 Å². The van der Waals surface area contributed by atoms with Gasteiger partial charge in [0.1, 0.15) is 11.3 Å². The number of hydrogen-bond acceptors (Lipinski definition) is 5. The number of fused-ring (bicyclic) bond motifs is 3. The van der Waals surface area contributed by atoms with Crippen molar-refractivity contribution in [2.24, 2.45) is 0 Å². The zero-order valence-corrected chi connectivity index (χ0v) is 10.00. The summed E-state index contributed by atoms with van der Waals surface area (Å²) in [6, 6.07) is 4.74. The third-order valence-electron chi connectivity index (χ3n) is 2.70. The first kappa shape index (κ1) is 13.1. The maximum absolute atomic E-state index is 12.2. The van der Waals surface area contributed by atoms with Crippen molar-refractivity contribution in [2.45, 2.75) is 6.36 Å². The van der Waals surface area contributed by atoms with Crippen molar-refractivity contribution in [3.8, 4) is 5.75 Å². The Morgan fingerprint density at radius 3 is 2.71 bits per heavy atom. The van der Waals surface area contributed by atoms with E-state index in [4.69, 9.17) is 5.11 Å². The molecule has 21 heavy (non-hydrogen) atoms. The number of carboxylic acids is 1. The number of halogens is 3. The van der Waals surface area contributed by atoms with Crippen LogP contribution >= 0.6 is 0 Å². The van der Waals surface area contributed by atoms with Gasteiger partial charge in [-0.2, -0.15) is 4.52 Å². The molecule has 1 aromatic carbocycles. The van der Waals surface area contributed by atoms with Crippen LogP contribution in [0.2, 0.25) is 0 Å². The molecule has 0 spiro atoms. The number of ether oxygens (including phenoxy) is 1. The molecule has 0 bridgehead atoms. The SMILES string of the molecule is O=C(O)c1cc2ccc(OC(F)(F)F)cc2n2nnnc12. The molecule has 10 heteroatoms. The minimum Gasteiger partial charge on any atom is -0.478 e. The zero-order valence-electron chi connectivity index (χ0n) is 10.00. The molecule has 0 unspecified atom stereocenters. The minimum atomic E-state index is -4.82. The first-order valence-electron chi connectivity index (χ1n) is 5.49. The van der Waals surface area contributed by atoms with Crippen LogP contribution < -0.4 is 4.74 Å². The number of aromatic carboxylic acids is 1.